The topological polar surface area (TPSA) is 31.4 Å². The fourth-order valence-electron chi connectivity index (χ4n) is 2.73. The third-order valence-electron chi connectivity index (χ3n) is 3.74. The van der Waals surface area contributed by atoms with E-state index in [9.17, 15) is 0 Å². The van der Waals surface area contributed by atoms with Gasteiger partial charge in [0.2, 0.25) is 0 Å². The van der Waals surface area contributed by atoms with E-state index in [0.717, 1.165) is 27.7 Å². The van der Waals surface area contributed by atoms with Crippen molar-refractivity contribution in [2.75, 3.05) is 13.7 Å². The molecule has 1 unspecified atom stereocenters. The molecule has 0 spiro atoms. The van der Waals surface area contributed by atoms with E-state index in [4.69, 9.17) is 14.5 Å². The van der Waals surface area contributed by atoms with Gasteiger partial charge in [0, 0.05) is 23.4 Å². The van der Waals surface area contributed by atoms with Crippen LogP contribution in [0.25, 0.3) is 21.7 Å². The second-order valence-electron chi connectivity index (χ2n) is 5.02. The highest BCUT2D eigenvalue weighted by molar-refractivity contribution is 6.07. The largest absolute Gasteiger partial charge is 0.497 e. The predicted molar refractivity (Wildman–Crippen MR) is 85.8 cm³/mol. The summed E-state index contributed by atoms with van der Waals surface area (Å²) < 4.78 is 11.1. The quantitative estimate of drug-likeness (QED) is 0.660. The molecule has 1 aromatic heterocycles. The molecule has 0 saturated heterocycles. The van der Waals surface area contributed by atoms with Crippen molar-refractivity contribution in [1.82, 2.24) is 4.98 Å². The summed E-state index contributed by atoms with van der Waals surface area (Å²) in [6.07, 6.45) is -0.0319. The van der Waals surface area contributed by atoms with Crippen LogP contribution in [0.3, 0.4) is 0 Å². The van der Waals surface area contributed by atoms with Gasteiger partial charge in [0.05, 0.1) is 24.4 Å². The monoisotopic (exact) mass is 281 g/mol. The number of hydrogen-bond donors (Lipinski definition) is 0. The van der Waals surface area contributed by atoms with Crippen molar-refractivity contribution < 1.29 is 9.47 Å². The van der Waals surface area contributed by atoms with Gasteiger partial charge in [-0.2, -0.15) is 0 Å². The fourth-order valence-corrected chi connectivity index (χ4v) is 2.73. The molecular weight excluding hydrogens is 262 g/mol. The van der Waals surface area contributed by atoms with E-state index in [1.165, 1.54) is 5.39 Å². The smallest absolute Gasteiger partial charge is 0.121 e. The van der Waals surface area contributed by atoms with Gasteiger partial charge in [-0.3, -0.25) is 0 Å². The Morgan fingerprint density at radius 2 is 1.81 bits per heavy atom. The van der Waals surface area contributed by atoms with Gasteiger partial charge >= 0.3 is 0 Å². The van der Waals surface area contributed by atoms with Gasteiger partial charge < -0.3 is 9.47 Å². The average Bonchev–Trinajstić information content (AvgIpc) is 2.53. The molecule has 3 heteroatoms. The van der Waals surface area contributed by atoms with Crippen LogP contribution in [0.15, 0.2) is 42.5 Å². The number of pyridine rings is 1. The van der Waals surface area contributed by atoms with Crippen molar-refractivity contribution in [3.63, 3.8) is 0 Å². The standard InChI is InChI=1S/C18H19NO2/c1-4-21-12(2)18-16-8-6-5-7-14(16)15-10-9-13(20-3)11-17(15)19-18/h5-12H,4H2,1-3H3. The molecule has 1 atom stereocenters. The molecule has 0 bridgehead atoms. The Hall–Kier alpha value is -2.13. The molecule has 2 aromatic carbocycles. The van der Waals surface area contributed by atoms with Gasteiger partial charge in [-0.25, -0.2) is 4.98 Å². The molecule has 0 aliphatic carbocycles. The molecule has 21 heavy (non-hydrogen) atoms. The average molecular weight is 281 g/mol. The number of nitrogens with zero attached hydrogens (tertiary/aromatic N) is 1. The lowest BCUT2D eigenvalue weighted by Gasteiger charge is -2.16. The number of hydrogen-bond acceptors (Lipinski definition) is 3. The van der Waals surface area contributed by atoms with E-state index in [-0.39, 0.29) is 6.10 Å². The molecule has 0 aliphatic heterocycles. The summed E-state index contributed by atoms with van der Waals surface area (Å²) in [7, 11) is 1.67. The SMILES string of the molecule is CCOC(C)c1nc2cc(OC)ccc2c2ccccc12. The normalized spacial score (nSPS) is 12.7. The number of benzene rings is 2. The van der Waals surface area contributed by atoms with Crippen LogP contribution in [0.1, 0.15) is 25.6 Å². The van der Waals surface area contributed by atoms with Gasteiger partial charge in [-0.05, 0) is 31.4 Å². The van der Waals surface area contributed by atoms with Crippen molar-refractivity contribution in [2.24, 2.45) is 0 Å². The number of ether oxygens (including phenoxy) is 2. The Labute approximate surface area is 124 Å². The summed E-state index contributed by atoms with van der Waals surface area (Å²) in [5, 5.41) is 3.49. The number of methoxy groups -OCH3 is 1. The van der Waals surface area contributed by atoms with Crippen molar-refractivity contribution in [1.29, 1.82) is 0 Å². The minimum absolute atomic E-state index is 0.0319. The molecule has 3 rings (SSSR count). The van der Waals surface area contributed by atoms with Crippen LogP contribution in [0.5, 0.6) is 5.75 Å². The number of aromatic nitrogens is 1. The van der Waals surface area contributed by atoms with E-state index in [2.05, 4.69) is 24.3 Å². The lowest BCUT2D eigenvalue weighted by Crippen LogP contribution is -2.03. The molecule has 1 heterocycles. The third kappa shape index (κ3) is 2.45. The first kappa shape index (κ1) is 13.8. The highest BCUT2D eigenvalue weighted by atomic mass is 16.5. The highest BCUT2D eigenvalue weighted by Gasteiger charge is 2.14. The van der Waals surface area contributed by atoms with Gasteiger partial charge in [0.15, 0.2) is 0 Å². The molecule has 3 aromatic rings. The molecule has 3 nitrogen and oxygen atoms in total. The van der Waals surface area contributed by atoms with Crippen LogP contribution >= 0.6 is 0 Å². The third-order valence-corrected chi connectivity index (χ3v) is 3.74. The first-order valence-electron chi connectivity index (χ1n) is 7.22. The summed E-state index contributed by atoms with van der Waals surface area (Å²) in [6, 6.07) is 14.4. The van der Waals surface area contributed by atoms with Crippen molar-refractivity contribution in [2.45, 2.75) is 20.0 Å². The molecule has 0 amide bonds. The van der Waals surface area contributed by atoms with E-state index in [0.29, 0.717) is 6.61 Å². The molecule has 108 valence electrons. The van der Waals surface area contributed by atoms with E-state index in [1.807, 2.05) is 32.0 Å². The summed E-state index contributed by atoms with van der Waals surface area (Å²) >= 11 is 0. The van der Waals surface area contributed by atoms with Gasteiger partial charge in [-0.1, -0.05) is 24.3 Å². The number of rotatable bonds is 4. The van der Waals surface area contributed by atoms with Gasteiger partial charge in [-0.15, -0.1) is 0 Å². The highest BCUT2D eigenvalue weighted by Crippen LogP contribution is 2.32. The summed E-state index contributed by atoms with van der Waals surface area (Å²) in [5.41, 5.74) is 1.92. The fraction of sp³-hybridized carbons (Fsp3) is 0.278. The summed E-state index contributed by atoms with van der Waals surface area (Å²) in [4.78, 5) is 4.83. The maximum absolute atomic E-state index is 5.75. The van der Waals surface area contributed by atoms with E-state index >= 15 is 0 Å². The zero-order chi connectivity index (χ0) is 14.8. The Bertz CT molecular complexity index is 783. The number of fused-ring (bicyclic) bond motifs is 3. The Kier molecular flexibility index (Phi) is 3.76. The first-order chi connectivity index (χ1) is 10.2. The van der Waals surface area contributed by atoms with Gasteiger partial charge in [0.1, 0.15) is 5.75 Å². The lowest BCUT2D eigenvalue weighted by atomic mass is 10.0. The van der Waals surface area contributed by atoms with Crippen LogP contribution in [0.4, 0.5) is 0 Å². The van der Waals surface area contributed by atoms with Crippen LogP contribution in [0, 0.1) is 0 Å². The molecule has 0 aliphatic rings. The van der Waals surface area contributed by atoms with Crippen molar-refractivity contribution >= 4 is 21.7 Å². The Balaban J connectivity index is 2.33. The zero-order valence-corrected chi connectivity index (χ0v) is 12.6. The summed E-state index contributed by atoms with van der Waals surface area (Å²) in [5.74, 6) is 0.820. The minimum atomic E-state index is -0.0319. The van der Waals surface area contributed by atoms with Crippen LogP contribution in [-0.4, -0.2) is 18.7 Å². The maximum atomic E-state index is 5.75. The van der Waals surface area contributed by atoms with Crippen LogP contribution in [-0.2, 0) is 4.74 Å². The summed E-state index contributed by atoms with van der Waals surface area (Å²) in [6.45, 7) is 4.72. The second-order valence-corrected chi connectivity index (χ2v) is 5.02. The molecule has 0 saturated carbocycles. The molecular formula is C18H19NO2. The zero-order valence-electron chi connectivity index (χ0n) is 12.6. The Morgan fingerprint density at radius 3 is 2.52 bits per heavy atom. The van der Waals surface area contributed by atoms with Crippen LogP contribution < -0.4 is 4.74 Å². The first-order valence-corrected chi connectivity index (χ1v) is 7.22. The van der Waals surface area contributed by atoms with Crippen molar-refractivity contribution in [3.05, 3.63) is 48.2 Å². The predicted octanol–water partition coefficient (Wildman–Crippen LogP) is 4.49. The maximum Gasteiger partial charge on any atom is 0.121 e. The van der Waals surface area contributed by atoms with E-state index in [1.54, 1.807) is 7.11 Å². The molecule has 0 radical (unpaired) electrons. The van der Waals surface area contributed by atoms with Crippen molar-refractivity contribution in [3.8, 4) is 5.75 Å². The lowest BCUT2D eigenvalue weighted by molar-refractivity contribution is 0.0747. The molecule has 0 N–H and O–H groups in total. The van der Waals surface area contributed by atoms with E-state index < -0.39 is 0 Å². The Morgan fingerprint density at radius 1 is 1.05 bits per heavy atom. The van der Waals surface area contributed by atoms with Gasteiger partial charge in [0.25, 0.3) is 0 Å². The minimum Gasteiger partial charge on any atom is -0.497 e. The molecule has 0 fully saturated rings. The van der Waals surface area contributed by atoms with Crippen LogP contribution in [0.2, 0.25) is 0 Å². The second kappa shape index (κ2) is 5.70.